The Bertz CT molecular complexity index is 248. The van der Waals surface area contributed by atoms with Gasteiger partial charge in [0.05, 0.1) is 11.8 Å². The fraction of sp³-hybridized carbons (Fsp3) is 0.818. The molecule has 0 aromatic carbocycles. The molecular formula is C11H21NO3. The van der Waals surface area contributed by atoms with Crippen LogP contribution >= 0.6 is 0 Å². The van der Waals surface area contributed by atoms with Gasteiger partial charge in [-0.1, -0.05) is 34.1 Å². The molecule has 0 fully saturated rings. The Hall–Kier alpha value is -1.06. The van der Waals surface area contributed by atoms with E-state index in [0.29, 0.717) is 0 Å². The average Bonchev–Trinajstić information content (AvgIpc) is 2.17. The van der Waals surface area contributed by atoms with E-state index in [1.165, 1.54) is 7.05 Å². The van der Waals surface area contributed by atoms with Gasteiger partial charge in [0.1, 0.15) is 0 Å². The summed E-state index contributed by atoms with van der Waals surface area (Å²) in [6, 6.07) is 0. The molecule has 0 saturated heterocycles. The molecule has 0 radical (unpaired) electrons. The van der Waals surface area contributed by atoms with E-state index < -0.39 is 17.8 Å². The summed E-state index contributed by atoms with van der Waals surface area (Å²) in [5.74, 6) is -2.29. The third-order valence-corrected chi connectivity index (χ3v) is 3.17. The van der Waals surface area contributed by atoms with Crippen LogP contribution in [-0.4, -0.2) is 24.0 Å². The van der Waals surface area contributed by atoms with Crippen LogP contribution in [0.2, 0.25) is 0 Å². The van der Waals surface area contributed by atoms with Crippen LogP contribution in [0.4, 0.5) is 0 Å². The number of carbonyl (C=O) groups is 2. The Morgan fingerprint density at radius 2 is 1.87 bits per heavy atom. The van der Waals surface area contributed by atoms with Gasteiger partial charge in [-0.25, -0.2) is 0 Å². The number of aliphatic carboxylic acids is 1. The fourth-order valence-electron chi connectivity index (χ4n) is 1.78. The summed E-state index contributed by atoms with van der Waals surface area (Å²) in [6.45, 7) is 7.39. The molecule has 2 unspecified atom stereocenters. The van der Waals surface area contributed by atoms with E-state index in [0.717, 1.165) is 6.42 Å². The molecule has 2 atom stereocenters. The van der Waals surface area contributed by atoms with Crippen molar-refractivity contribution in [2.24, 2.45) is 17.3 Å². The quantitative estimate of drug-likeness (QED) is 0.730. The van der Waals surface area contributed by atoms with Crippen LogP contribution in [0.5, 0.6) is 0 Å². The zero-order valence-electron chi connectivity index (χ0n) is 10.1. The molecule has 0 aromatic rings. The highest BCUT2D eigenvalue weighted by Gasteiger charge is 2.40. The first kappa shape index (κ1) is 13.9. The van der Waals surface area contributed by atoms with Gasteiger partial charge in [0, 0.05) is 7.05 Å². The zero-order chi connectivity index (χ0) is 12.2. The van der Waals surface area contributed by atoms with Crippen molar-refractivity contribution in [1.82, 2.24) is 5.32 Å². The number of carbonyl (C=O) groups excluding carboxylic acids is 1. The van der Waals surface area contributed by atoms with Gasteiger partial charge >= 0.3 is 5.97 Å². The van der Waals surface area contributed by atoms with Crippen molar-refractivity contribution in [3.8, 4) is 0 Å². The second kappa shape index (κ2) is 5.14. The van der Waals surface area contributed by atoms with Crippen molar-refractivity contribution in [2.75, 3.05) is 7.05 Å². The molecule has 88 valence electrons. The van der Waals surface area contributed by atoms with Gasteiger partial charge in [0.25, 0.3) is 0 Å². The molecule has 0 bridgehead atoms. The number of rotatable bonds is 5. The van der Waals surface area contributed by atoms with Gasteiger partial charge in [-0.15, -0.1) is 0 Å². The zero-order valence-corrected chi connectivity index (χ0v) is 10.1. The Morgan fingerprint density at radius 1 is 1.40 bits per heavy atom. The minimum absolute atomic E-state index is 0.197. The van der Waals surface area contributed by atoms with Crippen molar-refractivity contribution in [1.29, 1.82) is 0 Å². The van der Waals surface area contributed by atoms with Gasteiger partial charge in [-0.05, 0) is 5.41 Å². The normalized spacial score (nSPS) is 15.5. The Kier molecular flexibility index (Phi) is 4.78. The van der Waals surface area contributed by atoms with Crippen molar-refractivity contribution in [3.63, 3.8) is 0 Å². The highest BCUT2D eigenvalue weighted by molar-refractivity contribution is 5.84. The van der Waals surface area contributed by atoms with Gasteiger partial charge in [-0.2, -0.15) is 0 Å². The summed E-state index contributed by atoms with van der Waals surface area (Å²) in [7, 11) is 1.54. The molecule has 2 N–H and O–H groups in total. The number of hydrogen-bond donors (Lipinski definition) is 2. The summed E-state index contributed by atoms with van der Waals surface area (Å²) in [5, 5.41) is 11.5. The highest BCUT2D eigenvalue weighted by atomic mass is 16.4. The summed E-state index contributed by atoms with van der Waals surface area (Å²) in [5.41, 5.74) is -0.308. The first-order valence-electron chi connectivity index (χ1n) is 5.22. The van der Waals surface area contributed by atoms with E-state index in [1.54, 1.807) is 6.92 Å². The molecule has 0 aliphatic heterocycles. The predicted molar refractivity (Wildman–Crippen MR) is 58.4 cm³/mol. The van der Waals surface area contributed by atoms with Crippen molar-refractivity contribution >= 4 is 11.9 Å². The minimum atomic E-state index is -0.926. The lowest BCUT2D eigenvalue weighted by molar-refractivity contribution is -0.149. The van der Waals surface area contributed by atoms with Crippen molar-refractivity contribution < 1.29 is 14.7 Å². The Balaban J connectivity index is 5.06. The van der Waals surface area contributed by atoms with Crippen LogP contribution < -0.4 is 5.32 Å². The lowest BCUT2D eigenvalue weighted by Crippen LogP contribution is -2.43. The van der Waals surface area contributed by atoms with E-state index in [1.807, 2.05) is 20.8 Å². The van der Waals surface area contributed by atoms with E-state index >= 15 is 0 Å². The topological polar surface area (TPSA) is 66.4 Å². The summed E-state index contributed by atoms with van der Waals surface area (Å²) in [6.07, 6.45) is 0.767. The Labute approximate surface area is 91.1 Å². The van der Waals surface area contributed by atoms with Crippen LogP contribution in [-0.2, 0) is 9.59 Å². The summed E-state index contributed by atoms with van der Waals surface area (Å²) in [4.78, 5) is 22.6. The number of carboxylic acids is 1. The first-order chi connectivity index (χ1) is 6.77. The van der Waals surface area contributed by atoms with Crippen LogP contribution in [0.25, 0.3) is 0 Å². The fourth-order valence-corrected chi connectivity index (χ4v) is 1.78. The van der Waals surface area contributed by atoms with Gasteiger partial charge in [0.15, 0.2) is 0 Å². The first-order valence-corrected chi connectivity index (χ1v) is 5.22. The van der Waals surface area contributed by atoms with E-state index in [4.69, 9.17) is 5.11 Å². The number of hydrogen-bond acceptors (Lipinski definition) is 2. The number of nitrogens with one attached hydrogen (secondary N) is 1. The second-order valence-electron chi connectivity index (χ2n) is 4.56. The average molecular weight is 215 g/mol. The third-order valence-electron chi connectivity index (χ3n) is 3.17. The molecule has 15 heavy (non-hydrogen) atoms. The molecular weight excluding hydrogens is 194 g/mol. The van der Waals surface area contributed by atoms with Crippen LogP contribution in [0.3, 0.4) is 0 Å². The molecule has 1 amide bonds. The molecule has 0 aromatic heterocycles. The molecule has 0 spiro atoms. The monoisotopic (exact) mass is 215 g/mol. The Morgan fingerprint density at radius 3 is 2.13 bits per heavy atom. The lowest BCUT2D eigenvalue weighted by atomic mass is 9.70. The molecule has 4 nitrogen and oxygen atoms in total. The summed E-state index contributed by atoms with van der Waals surface area (Å²) >= 11 is 0. The molecule has 0 saturated carbocycles. The van der Waals surface area contributed by atoms with Gasteiger partial charge < -0.3 is 10.4 Å². The lowest BCUT2D eigenvalue weighted by Gasteiger charge is -2.34. The molecule has 0 rings (SSSR count). The smallest absolute Gasteiger partial charge is 0.307 e. The SMILES string of the molecule is CCC(C)(C)C(C(=O)NC)C(C)C(=O)O. The highest BCUT2D eigenvalue weighted by Crippen LogP contribution is 2.35. The van der Waals surface area contributed by atoms with Crippen LogP contribution in [0.1, 0.15) is 34.1 Å². The molecule has 0 aliphatic carbocycles. The maximum atomic E-state index is 11.7. The van der Waals surface area contributed by atoms with Gasteiger partial charge in [-0.3, -0.25) is 9.59 Å². The molecule has 0 heterocycles. The van der Waals surface area contributed by atoms with Crippen LogP contribution in [0.15, 0.2) is 0 Å². The standard InChI is InChI=1S/C11H21NO3/c1-6-11(3,4)8(9(13)12-5)7(2)10(14)15/h7-8H,6H2,1-5H3,(H,12,13)(H,14,15). The van der Waals surface area contributed by atoms with Crippen molar-refractivity contribution in [3.05, 3.63) is 0 Å². The predicted octanol–water partition coefficient (Wildman–Crippen LogP) is 1.51. The van der Waals surface area contributed by atoms with E-state index in [-0.39, 0.29) is 11.3 Å². The number of carboxylic acid groups (broad SMARTS) is 1. The molecule has 0 aliphatic rings. The minimum Gasteiger partial charge on any atom is -0.481 e. The third kappa shape index (κ3) is 3.22. The number of amides is 1. The van der Waals surface area contributed by atoms with Gasteiger partial charge in [0.2, 0.25) is 5.91 Å². The van der Waals surface area contributed by atoms with E-state index in [2.05, 4.69) is 5.32 Å². The van der Waals surface area contributed by atoms with Crippen molar-refractivity contribution in [2.45, 2.75) is 34.1 Å². The largest absolute Gasteiger partial charge is 0.481 e. The maximum absolute atomic E-state index is 11.7. The van der Waals surface area contributed by atoms with E-state index in [9.17, 15) is 9.59 Å². The van der Waals surface area contributed by atoms with Crippen LogP contribution in [0, 0.1) is 17.3 Å². The second-order valence-corrected chi connectivity index (χ2v) is 4.56. The molecule has 4 heteroatoms. The maximum Gasteiger partial charge on any atom is 0.307 e. The summed E-state index contributed by atoms with van der Waals surface area (Å²) < 4.78 is 0.